The monoisotopic (exact) mass is 338 g/mol. The van der Waals surface area contributed by atoms with E-state index in [0.717, 1.165) is 36.4 Å². The molecule has 1 aliphatic rings. The molecule has 0 aromatic heterocycles. The van der Waals surface area contributed by atoms with Gasteiger partial charge in [-0.05, 0) is 49.4 Å². The summed E-state index contributed by atoms with van der Waals surface area (Å²) in [6, 6.07) is 6.39. The molecule has 0 radical (unpaired) electrons. The summed E-state index contributed by atoms with van der Waals surface area (Å²) in [5.74, 6) is 1.61. The fraction of sp³-hybridized carbons (Fsp3) is 0.611. The lowest BCUT2D eigenvalue weighted by atomic mass is 9.92. The molecule has 0 spiro atoms. The summed E-state index contributed by atoms with van der Waals surface area (Å²) in [5.41, 5.74) is 0. The van der Waals surface area contributed by atoms with E-state index in [2.05, 4.69) is 31.0 Å². The molecule has 2 rings (SSSR count). The standard InChI is InChI=1S/C18H27FN2OS/c1-13-8-14(2)10-21(9-13)11-15(3)20-18(22)12-23-17-6-4-16(19)5-7-17/h4-7,13-15H,8-12H2,1-3H3,(H,20,22). The Morgan fingerprint density at radius 3 is 2.52 bits per heavy atom. The molecule has 1 aliphatic heterocycles. The molecule has 3 nitrogen and oxygen atoms in total. The summed E-state index contributed by atoms with van der Waals surface area (Å²) in [5, 5.41) is 3.06. The summed E-state index contributed by atoms with van der Waals surface area (Å²) in [6.45, 7) is 9.80. The number of thioether (sulfide) groups is 1. The van der Waals surface area contributed by atoms with Gasteiger partial charge >= 0.3 is 0 Å². The van der Waals surface area contributed by atoms with Crippen LogP contribution in [0.2, 0.25) is 0 Å². The molecule has 23 heavy (non-hydrogen) atoms. The third-order valence-electron chi connectivity index (χ3n) is 4.07. The van der Waals surface area contributed by atoms with Gasteiger partial charge in [0, 0.05) is 30.6 Å². The number of benzene rings is 1. The van der Waals surface area contributed by atoms with Crippen molar-refractivity contribution in [3.63, 3.8) is 0 Å². The van der Waals surface area contributed by atoms with Crippen molar-refractivity contribution in [2.75, 3.05) is 25.4 Å². The number of likely N-dealkylation sites (tertiary alicyclic amines) is 1. The lowest BCUT2D eigenvalue weighted by Crippen LogP contribution is -2.47. The zero-order chi connectivity index (χ0) is 16.8. The fourth-order valence-electron chi connectivity index (χ4n) is 3.37. The number of carbonyl (C=O) groups excluding carboxylic acids is 1. The number of nitrogens with one attached hydrogen (secondary N) is 1. The van der Waals surface area contributed by atoms with E-state index in [9.17, 15) is 9.18 Å². The fourth-order valence-corrected chi connectivity index (χ4v) is 4.08. The van der Waals surface area contributed by atoms with Crippen LogP contribution in [0.15, 0.2) is 29.2 Å². The molecule has 1 heterocycles. The van der Waals surface area contributed by atoms with Crippen LogP contribution < -0.4 is 5.32 Å². The van der Waals surface area contributed by atoms with E-state index in [1.807, 2.05) is 0 Å². The maximum absolute atomic E-state index is 12.8. The number of amides is 1. The smallest absolute Gasteiger partial charge is 0.230 e. The van der Waals surface area contributed by atoms with Gasteiger partial charge < -0.3 is 10.2 Å². The Bertz CT molecular complexity index is 498. The van der Waals surface area contributed by atoms with E-state index in [4.69, 9.17) is 0 Å². The van der Waals surface area contributed by atoms with Crippen molar-refractivity contribution in [3.05, 3.63) is 30.1 Å². The Balaban J connectivity index is 1.70. The zero-order valence-corrected chi connectivity index (χ0v) is 15.0. The van der Waals surface area contributed by atoms with Crippen molar-refractivity contribution in [1.82, 2.24) is 10.2 Å². The largest absolute Gasteiger partial charge is 0.352 e. The van der Waals surface area contributed by atoms with Gasteiger partial charge in [-0.3, -0.25) is 4.79 Å². The number of piperidine rings is 1. The Labute approximate surface area is 143 Å². The quantitative estimate of drug-likeness (QED) is 0.807. The minimum absolute atomic E-state index is 0.0323. The molecule has 5 heteroatoms. The van der Waals surface area contributed by atoms with Crippen LogP contribution in [-0.2, 0) is 4.79 Å². The molecule has 1 fully saturated rings. The third kappa shape index (κ3) is 6.51. The SMILES string of the molecule is CC1CC(C)CN(CC(C)NC(=O)CSc2ccc(F)cc2)C1. The summed E-state index contributed by atoms with van der Waals surface area (Å²) in [4.78, 5) is 15.4. The van der Waals surface area contributed by atoms with E-state index in [0.29, 0.717) is 5.75 Å². The van der Waals surface area contributed by atoms with Gasteiger partial charge in [-0.1, -0.05) is 13.8 Å². The topological polar surface area (TPSA) is 32.3 Å². The molecule has 3 atom stereocenters. The highest BCUT2D eigenvalue weighted by Crippen LogP contribution is 2.21. The van der Waals surface area contributed by atoms with Gasteiger partial charge in [0.2, 0.25) is 5.91 Å². The zero-order valence-electron chi connectivity index (χ0n) is 14.2. The van der Waals surface area contributed by atoms with E-state index in [1.165, 1.54) is 30.3 Å². The van der Waals surface area contributed by atoms with Crippen molar-refractivity contribution in [3.8, 4) is 0 Å². The van der Waals surface area contributed by atoms with Crippen molar-refractivity contribution in [1.29, 1.82) is 0 Å². The van der Waals surface area contributed by atoms with Crippen molar-refractivity contribution >= 4 is 17.7 Å². The normalized spacial score (nSPS) is 23.5. The summed E-state index contributed by atoms with van der Waals surface area (Å²) >= 11 is 1.43. The second-order valence-electron chi connectivity index (χ2n) is 6.88. The summed E-state index contributed by atoms with van der Waals surface area (Å²) < 4.78 is 12.8. The highest BCUT2D eigenvalue weighted by molar-refractivity contribution is 8.00. The molecule has 0 saturated carbocycles. The third-order valence-corrected chi connectivity index (χ3v) is 5.08. The Kier molecular flexibility index (Phi) is 6.90. The number of hydrogen-bond donors (Lipinski definition) is 1. The lowest BCUT2D eigenvalue weighted by molar-refractivity contribution is -0.119. The van der Waals surface area contributed by atoms with Gasteiger partial charge in [0.1, 0.15) is 5.82 Å². The van der Waals surface area contributed by atoms with Gasteiger partial charge in [0.15, 0.2) is 0 Å². The number of nitrogens with zero attached hydrogens (tertiary/aromatic N) is 1. The predicted molar refractivity (Wildman–Crippen MR) is 94.1 cm³/mol. The molecule has 1 saturated heterocycles. The number of rotatable bonds is 6. The molecule has 1 amide bonds. The number of hydrogen-bond acceptors (Lipinski definition) is 3. The van der Waals surface area contributed by atoms with Crippen LogP contribution in [0.1, 0.15) is 27.2 Å². The molecule has 3 unspecified atom stereocenters. The average Bonchev–Trinajstić information content (AvgIpc) is 2.45. The van der Waals surface area contributed by atoms with Gasteiger partial charge in [-0.25, -0.2) is 4.39 Å². The number of carbonyl (C=O) groups is 1. The van der Waals surface area contributed by atoms with Crippen LogP contribution in [0.3, 0.4) is 0 Å². The lowest BCUT2D eigenvalue weighted by Gasteiger charge is -2.36. The van der Waals surface area contributed by atoms with Gasteiger partial charge in [0.25, 0.3) is 0 Å². The van der Waals surface area contributed by atoms with Crippen LogP contribution in [0.4, 0.5) is 4.39 Å². The average molecular weight is 338 g/mol. The van der Waals surface area contributed by atoms with E-state index < -0.39 is 0 Å². The minimum atomic E-state index is -0.252. The Morgan fingerprint density at radius 1 is 1.30 bits per heavy atom. The molecule has 128 valence electrons. The molecule has 1 aromatic rings. The Morgan fingerprint density at radius 2 is 1.91 bits per heavy atom. The first kappa shape index (κ1) is 18.3. The molecule has 0 aliphatic carbocycles. The highest BCUT2D eigenvalue weighted by Gasteiger charge is 2.23. The van der Waals surface area contributed by atoms with Crippen molar-refractivity contribution < 1.29 is 9.18 Å². The predicted octanol–water partition coefficient (Wildman–Crippen LogP) is 3.40. The van der Waals surface area contributed by atoms with Crippen molar-refractivity contribution in [2.45, 2.75) is 38.1 Å². The van der Waals surface area contributed by atoms with Crippen LogP contribution >= 0.6 is 11.8 Å². The minimum Gasteiger partial charge on any atom is -0.352 e. The van der Waals surface area contributed by atoms with Crippen LogP contribution in [0.5, 0.6) is 0 Å². The first-order valence-corrected chi connectivity index (χ1v) is 9.31. The van der Waals surface area contributed by atoms with Crippen LogP contribution in [-0.4, -0.2) is 42.2 Å². The number of halogens is 1. The summed E-state index contributed by atoms with van der Waals surface area (Å²) in [6.07, 6.45) is 1.30. The van der Waals surface area contributed by atoms with Crippen molar-refractivity contribution in [2.24, 2.45) is 11.8 Å². The van der Waals surface area contributed by atoms with E-state index in [-0.39, 0.29) is 17.8 Å². The second kappa shape index (κ2) is 8.69. The first-order chi connectivity index (χ1) is 10.9. The molecule has 1 aromatic carbocycles. The van der Waals surface area contributed by atoms with Crippen LogP contribution in [0, 0.1) is 17.7 Å². The maximum atomic E-state index is 12.8. The van der Waals surface area contributed by atoms with Gasteiger partial charge in [0.05, 0.1) is 5.75 Å². The van der Waals surface area contributed by atoms with Gasteiger partial charge in [-0.15, -0.1) is 11.8 Å². The highest BCUT2D eigenvalue weighted by atomic mass is 32.2. The molecular weight excluding hydrogens is 311 g/mol. The van der Waals surface area contributed by atoms with E-state index >= 15 is 0 Å². The second-order valence-corrected chi connectivity index (χ2v) is 7.92. The molecule has 1 N–H and O–H groups in total. The van der Waals surface area contributed by atoms with Crippen LogP contribution in [0.25, 0.3) is 0 Å². The first-order valence-electron chi connectivity index (χ1n) is 8.32. The van der Waals surface area contributed by atoms with Gasteiger partial charge in [-0.2, -0.15) is 0 Å². The molecule has 0 bridgehead atoms. The Hall–Kier alpha value is -1.07. The molecular formula is C18H27FN2OS. The summed E-state index contributed by atoms with van der Waals surface area (Å²) in [7, 11) is 0. The van der Waals surface area contributed by atoms with E-state index in [1.54, 1.807) is 12.1 Å². The maximum Gasteiger partial charge on any atom is 0.230 e.